The standard InChI is InChI=1S/C27H32FN9O12P2S2/c1-30-2-3-42-16(39)4-12-18-23(32-9-31-12)36(10-33-18)26-21-22-27(47-26,7-43-21)8-45-51(41,53)48-20-17(28)14(6-44-50(40,52)49-22)46-25(20)37-11-34-19-13(38)5-15(29)35-24(19)37/h9-11,14,17,20-22,25-26,30H,2-8H2,1H3,(H2,29,35)(H,40,52)(H,41,53)/t14-,17-,20-,21-,22+,25-,26-,27-,50?,51?/m1/s1. The minimum atomic E-state index is -4.34. The van der Waals surface area contributed by atoms with E-state index in [2.05, 4.69) is 30.2 Å². The number of nitrogens with two attached hydrogens (primary N) is 1. The van der Waals surface area contributed by atoms with Crippen molar-refractivity contribution < 1.29 is 60.8 Å². The number of imidazole rings is 2. The Balaban J connectivity index is 1.08. The molecule has 3 aromatic heterocycles. The first-order chi connectivity index (χ1) is 25.3. The number of carbonyl (C=O) groups excluding carboxylic acids is 2. The molecule has 0 radical (unpaired) electrons. The Labute approximate surface area is 308 Å². The number of hydrogen-bond acceptors (Lipinski definition) is 19. The summed E-state index contributed by atoms with van der Waals surface area (Å²) < 4.78 is 65.8. The van der Waals surface area contributed by atoms with Crippen LogP contribution in [0.15, 0.2) is 24.0 Å². The Morgan fingerprint density at radius 2 is 1.91 bits per heavy atom. The molecule has 2 unspecified atom stereocenters. The van der Waals surface area contributed by atoms with Crippen LogP contribution in [0.4, 0.5) is 10.2 Å². The van der Waals surface area contributed by atoms with E-state index in [0.717, 1.165) is 0 Å². The number of ether oxygens (including phenoxy) is 4. The molecule has 53 heavy (non-hydrogen) atoms. The molecular formula is C27H32FN9O12P2S2. The summed E-state index contributed by atoms with van der Waals surface area (Å²) in [5.41, 5.74) is 5.14. The minimum absolute atomic E-state index is 0.00470. The fourth-order valence-corrected chi connectivity index (χ4v) is 9.58. The van der Waals surface area contributed by atoms with Crippen molar-refractivity contribution in [1.82, 2.24) is 34.4 Å². The van der Waals surface area contributed by atoms with Gasteiger partial charge in [0, 0.05) is 6.54 Å². The summed E-state index contributed by atoms with van der Waals surface area (Å²) in [5.74, 6) is -0.924. The number of nitrogens with one attached hydrogen (secondary N) is 1. The van der Waals surface area contributed by atoms with Gasteiger partial charge in [0.15, 0.2) is 41.6 Å². The highest BCUT2D eigenvalue weighted by molar-refractivity contribution is 8.07. The number of alkyl halides is 1. The number of likely N-dealkylation sites (N-methyl/N-ethyl adjacent to an activating group) is 1. The van der Waals surface area contributed by atoms with Crippen molar-refractivity contribution in [3.63, 3.8) is 0 Å². The second-order valence-electron chi connectivity index (χ2n) is 12.6. The molecule has 0 spiro atoms. The number of fused-ring (bicyclic) bond motifs is 4. The third-order valence-corrected chi connectivity index (χ3v) is 12.2. The van der Waals surface area contributed by atoms with E-state index in [1.165, 1.54) is 28.1 Å². The van der Waals surface area contributed by atoms with Crippen LogP contribution in [0.1, 0.15) is 35.1 Å². The van der Waals surface area contributed by atoms with Crippen molar-refractivity contribution in [2.24, 2.45) is 10.7 Å². The van der Waals surface area contributed by atoms with E-state index in [1.807, 2.05) is 0 Å². The zero-order valence-electron chi connectivity index (χ0n) is 27.5. The summed E-state index contributed by atoms with van der Waals surface area (Å²) in [5, 5.41) is 2.89. The highest BCUT2D eigenvalue weighted by Crippen LogP contribution is 2.58. The number of esters is 1. The van der Waals surface area contributed by atoms with Crippen LogP contribution < -0.4 is 11.1 Å². The molecule has 26 heteroatoms. The number of ketones is 1. The Kier molecular flexibility index (Phi) is 9.84. The maximum atomic E-state index is 16.1. The first-order valence-electron chi connectivity index (χ1n) is 16.1. The highest BCUT2D eigenvalue weighted by atomic mass is 32.5. The number of aliphatic imine (C=N–C) groups is 1. The molecule has 5 aliphatic heterocycles. The first kappa shape index (κ1) is 37.1. The lowest BCUT2D eigenvalue weighted by Crippen LogP contribution is -2.45. The zero-order valence-corrected chi connectivity index (χ0v) is 30.9. The molecule has 5 N–H and O–H groups in total. The van der Waals surface area contributed by atoms with E-state index in [0.29, 0.717) is 17.8 Å². The molecule has 3 aromatic rings. The van der Waals surface area contributed by atoms with Crippen molar-refractivity contribution in [3.8, 4) is 0 Å². The minimum Gasteiger partial charge on any atom is -0.464 e. The molecule has 4 saturated heterocycles. The van der Waals surface area contributed by atoms with Crippen LogP contribution in [0.2, 0.25) is 0 Å². The Hall–Kier alpha value is -2.80. The molecule has 21 nitrogen and oxygen atoms in total. The van der Waals surface area contributed by atoms with Gasteiger partial charge < -0.3 is 48.8 Å². The Morgan fingerprint density at radius 3 is 2.72 bits per heavy atom. The number of Topliss-reactive ketones (excluding diaryl/α,β-unsaturated/α-hetero) is 1. The molecule has 0 saturated carbocycles. The van der Waals surface area contributed by atoms with Crippen LogP contribution in [0.25, 0.3) is 11.2 Å². The van der Waals surface area contributed by atoms with Gasteiger partial charge >= 0.3 is 19.4 Å². The van der Waals surface area contributed by atoms with Gasteiger partial charge in [0.1, 0.15) is 54.3 Å². The Bertz CT molecular complexity index is 2090. The number of amidine groups is 1. The zero-order chi connectivity index (χ0) is 37.3. The third-order valence-electron chi connectivity index (χ3n) is 9.15. The number of rotatable bonds is 7. The van der Waals surface area contributed by atoms with E-state index in [-0.39, 0.29) is 49.0 Å². The molecule has 10 atom stereocenters. The summed E-state index contributed by atoms with van der Waals surface area (Å²) in [6.45, 7) is -9.23. The van der Waals surface area contributed by atoms with E-state index < -0.39 is 87.0 Å². The van der Waals surface area contributed by atoms with E-state index in [9.17, 15) is 19.4 Å². The lowest BCUT2D eigenvalue weighted by Gasteiger charge is -2.33. The molecule has 4 bridgehead atoms. The van der Waals surface area contributed by atoms with Crippen molar-refractivity contribution in [3.05, 3.63) is 30.4 Å². The van der Waals surface area contributed by atoms with Crippen LogP contribution in [0.3, 0.4) is 0 Å². The summed E-state index contributed by atoms with van der Waals surface area (Å²) in [6.07, 6.45) is -6.14. The average molecular weight is 820 g/mol. The molecule has 4 fully saturated rings. The maximum absolute atomic E-state index is 16.1. The van der Waals surface area contributed by atoms with Crippen LogP contribution in [-0.4, -0.2) is 133 Å². The lowest BCUT2D eigenvalue weighted by atomic mass is 10.0. The lowest BCUT2D eigenvalue weighted by molar-refractivity contribution is -0.183. The largest absolute Gasteiger partial charge is 0.464 e. The highest BCUT2D eigenvalue weighted by Gasteiger charge is 2.65. The smallest absolute Gasteiger partial charge is 0.325 e. The molecule has 5 aliphatic rings. The van der Waals surface area contributed by atoms with E-state index in [4.69, 9.17) is 66.4 Å². The number of aromatic nitrogens is 6. The van der Waals surface area contributed by atoms with Gasteiger partial charge in [-0.1, -0.05) is 0 Å². The molecule has 0 aliphatic carbocycles. The molecule has 286 valence electrons. The predicted octanol–water partition coefficient (Wildman–Crippen LogP) is -0.244. The maximum Gasteiger partial charge on any atom is 0.325 e. The van der Waals surface area contributed by atoms with Gasteiger partial charge in [0.05, 0.1) is 51.0 Å². The van der Waals surface area contributed by atoms with Crippen LogP contribution in [0, 0.1) is 0 Å². The van der Waals surface area contributed by atoms with Crippen LogP contribution >= 0.6 is 13.4 Å². The number of carbonyl (C=O) groups is 2. The van der Waals surface area contributed by atoms with Crippen LogP contribution in [0.5, 0.6) is 0 Å². The molecule has 0 aromatic carbocycles. The monoisotopic (exact) mass is 819 g/mol. The Morgan fingerprint density at radius 1 is 1.11 bits per heavy atom. The van der Waals surface area contributed by atoms with Crippen LogP contribution in [-0.2, 0) is 71.9 Å². The van der Waals surface area contributed by atoms with E-state index >= 15 is 4.39 Å². The van der Waals surface area contributed by atoms with Crippen molar-refractivity contribution >= 4 is 71.6 Å². The second kappa shape index (κ2) is 14.0. The van der Waals surface area contributed by atoms with Gasteiger partial charge in [0.25, 0.3) is 0 Å². The molecular weight excluding hydrogens is 787 g/mol. The average Bonchev–Trinajstić information content (AvgIpc) is 3.91. The summed E-state index contributed by atoms with van der Waals surface area (Å²) in [4.78, 5) is 68.9. The van der Waals surface area contributed by atoms with E-state index in [1.54, 1.807) is 7.05 Å². The van der Waals surface area contributed by atoms with Gasteiger partial charge in [-0.15, -0.1) is 0 Å². The molecule has 0 amide bonds. The number of nitrogens with zero attached hydrogens (tertiary/aromatic N) is 7. The molecule has 8 rings (SSSR count). The van der Waals surface area contributed by atoms with Gasteiger partial charge in [-0.05, 0) is 30.7 Å². The topological polar surface area (TPSA) is 260 Å². The van der Waals surface area contributed by atoms with Gasteiger partial charge in [-0.2, -0.15) is 0 Å². The summed E-state index contributed by atoms with van der Waals surface area (Å²) in [6, 6.07) is 0. The fraction of sp³-hybridized carbons (Fsp3) is 0.593. The molecule has 8 heterocycles. The number of hydrogen-bond donors (Lipinski definition) is 4. The van der Waals surface area contributed by atoms with Crippen molar-refractivity contribution in [2.75, 3.05) is 40.0 Å². The van der Waals surface area contributed by atoms with Gasteiger partial charge in [-0.3, -0.25) is 27.8 Å². The third kappa shape index (κ3) is 6.88. The SMILES string of the molecule is CNCCOC(=O)Cc1ncnc2c1ncn2[C@@H]1O[C@@]23CO[C@@H]1[C@@H]2OP(O)(=S)OC[C@H]1O[C@@H](n2cnc4c2N=C(N)CC4=O)[C@H](OP(O)(=S)OC3)[C@@H]1F. The number of halogens is 1. The van der Waals surface area contributed by atoms with Crippen molar-refractivity contribution in [2.45, 2.75) is 61.5 Å². The van der Waals surface area contributed by atoms with Crippen molar-refractivity contribution in [1.29, 1.82) is 0 Å². The predicted molar refractivity (Wildman–Crippen MR) is 182 cm³/mol. The first-order valence-corrected chi connectivity index (χ1v) is 21.3. The van der Waals surface area contributed by atoms with Gasteiger partial charge in [-0.25, -0.2) is 29.3 Å². The summed E-state index contributed by atoms with van der Waals surface area (Å²) >= 11 is 10.7. The fourth-order valence-electron chi connectivity index (χ4n) is 6.70. The van der Waals surface area contributed by atoms with Gasteiger partial charge in [0.2, 0.25) is 0 Å². The quantitative estimate of drug-likeness (QED) is 0.136. The normalized spacial score (nSPS) is 37.0. The summed E-state index contributed by atoms with van der Waals surface area (Å²) in [7, 11) is 1.73. The second-order valence-corrected chi connectivity index (χ2v) is 18.2.